The van der Waals surface area contributed by atoms with Crippen LogP contribution in [-0.2, 0) is 10.0 Å². The highest BCUT2D eigenvalue weighted by atomic mass is 35.5. The molecule has 0 aliphatic heterocycles. The van der Waals surface area contributed by atoms with E-state index in [4.69, 9.17) is 28.3 Å². The molecule has 0 saturated carbocycles. The van der Waals surface area contributed by atoms with E-state index in [1.54, 1.807) is 28.9 Å². The number of hydrogen-bond donors (Lipinski definition) is 1. The molecule has 2 N–H and O–H groups in total. The number of nitrogens with zero attached hydrogens (tertiary/aromatic N) is 2. The van der Waals surface area contributed by atoms with Gasteiger partial charge in [0.25, 0.3) is 0 Å². The summed E-state index contributed by atoms with van der Waals surface area (Å²) >= 11 is 12.1. The summed E-state index contributed by atoms with van der Waals surface area (Å²) in [5.74, 6) is 0. The highest BCUT2D eigenvalue weighted by molar-refractivity contribution is 7.89. The van der Waals surface area contributed by atoms with Crippen molar-refractivity contribution in [2.45, 2.75) is 4.90 Å². The fourth-order valence-electron chi connectivity index (χ4n) is 2.17. The van der Waals surface area contributed by atoms with Gasteiger partial charge >= 0.3 is 0 Å². The van der Waals surface area contributed by atoms with E-state index in [9.17, 15) is 8.42 Å². The van der Waals surface area contributed by atoms with Crippen LogP contribution in [0.3, 0.4) is 0 Å². The summed E-state index contributed by atoms with van der Waals surface area (Å²) in [4.78, 5) is 0.0348. The molecule has 0 spiro atoms. The minimum absolute atomic E-state index is 0.0348. The fourth-order valence-corrected chi connectivity index (χ4v) is 3.04. The van der Waals surface area contributed by atoms with Crippen LogP contribution in [0.4, 0.5) is 0 Å². The van der Waals surface area contributed by atoms with E-state index in [0.29, 0.717) is 21.4 Å². The lowest BCUT2D eigenvalue weighted by atomic mass is 10.1. The SMILES string of the molecule is NS(=O)(=O)c1ccc(-n2ncc(Cl)c2-c2ccc(Cl)cc2)cc1. The first-order chi connectivity index (χ1) is 10.9. The smallest absolute Gasteiger partial charge is 0.232 e. The molecule has 0 fully saturated rings. The van der Waals surface area contributed by atoms with Crippen LogP contribution in [0.5, 0.6) is 0 Å². The average Bonchev–Trinajstić information content (AvgIpc) is 2.89. The van der Waals surface area contributed by atoms with Crippen molar-refractivity contribution in [3.8, 4) is 16.9 Å². The molecule has 0 aliphatic carbocycles. The maximum absolute atomic E-state index is 11.3. The van der Waals surface area contributed by atoms with Crippen molar-refractivity contribution in [3.05, 3.63) is 64.8 Å². The first kappa shape index (κ1) is 16.0. The van der Waals surface area contributed by atoms with Gasteiger partial charge in [-0.2, -0.15) is 5.10 Å². The molecule has 3 aromatic rings. The molecular formula is C15H11Cl2N3O2S. The van der Waals surface area contributed by atoms with Gasteiger partial charge < -0.3 is 0 Å². The third kappa shape index (κ3) is 3.25. The zero-order valence-corrected chi connectivity index (χ0v) is 14.0. The normalized spacial score (nSPS) is 11.6. The number of nitrogens with two attached hydrogens (primary N) is 1. The van der Waals surface area contributed by atoms with Gasteiger partial charge in [0.2, 0.25) is 10.0 Å². The molecule has 8 heteroatoms. The Kier molecular flexibility index (Phi) is 4.16. The quantitative estimate of drug-likeness (QED) is 0.769. The molecule has 0 aliphatic rings. The molecule has 118 valence electrons. The number of rotatable bonds is 3. The lowest BCUT2D eigenvalue weighted by Crippen LogP contribution is -2.12. The molecule has 0 bridgehead atoms. The standard InChI is InChI=1S/C15H11Cl2N3O2S/c16-11-3-1-10(2-4-11)15-14(17)9-19-20(15)12-5-7-13(8-6-12)23(18,21)22/h1-9H,(H2,18,21,22). The van der Waals surface area contributed by atoms with E-state index < -0.39 is 10.0 Å². The molecular weight excluding hydrogens is 357 g/mol. The third-order valence-corrected chi connectivity index (χ3v) is 4.71. The molecule has 23 heavy (non-hydrogen) atoms. The number of aromatic nitrogens is 2. The van der Waals surface area contributed by atoms with Crippen LogP contribution < -0.4 is 5.14 Å². The number of primary sulfonamides is 1. The van der Waals surface area contributed by atoms with E-state index in [1.165, 1.54) is 18.3 Å². The van der Waals surface area contributed by atoms with Crippen LogP contribution in [-0.4, -0.2) is 18.2 Å². The van der Waals surface area contributed by atoms with E-state index in [2.05, 4.69) is 5.10 Å². The number of benzene rings is 2. The van der Waals surface area contributed by atoms with Gasteiger partial charge in [-0.3, -0.25) is 0 Å². The Bertz CT molecular complexity index is 949. The summed E-state index contributed by atoms with van der Waals surface area (Å²) in [7, 11) is -3.73. The van der Waals surface area contributed by atoms with Crippen molar-refractivity contribution in [3.63, 3.8) is 0 Å². The zero-order chi connectivity index (χ0) is 16.6. The fraction of sp³-hybridized carbons (Fsp3) is 0. The third-order valence-electron chi connectivity index (χ3n) is 3.25. The highest BCUT2D eigenvalue weighted by Gasteiger charge is 2.14. The first-order valence-electron chi connectivity index (χ1n) is 6.49. The number of halogens is 2. The minimum Gasteiger partial charge on any atom is -0.232 e. The van der Waals surface area contributed by atoms with Crippen molar-refractivity contribution >= 4 is 33.2 Å². The van der Waals surface area contributed by atoms with Crippen LogP contribution >= 0.6 is 23.2 Å². The van der Waals surface area contributed by atoms with Crippen molar-refractivity contribution in [2.75, 3.05) is 0 Å². The maximum atomic E-state index is 11.3. The molecule has 0 unspecified atom stereocenters. The van der Waals surface area contributed by atoms with Gasteiger partial charge in [-0.1, -0.05) is 35.3 Å². The van der Waals surface area contributed by atoms with Gasteiger partial charge in [0.15, 0.2) is 0 Å². The van der Waals surface area contributed by atoms with Crippen molar-refractivity contribution in [2.24, 2.45) is 5.14 Å². The van der Waals surface area contributed by atoms with Crippen molar-refractivity contribution in [1.82, 2.24) is 9.78 Å². The van der Waals surface area contributed by atoms with Gasteiger partial charge in [-0.05, 0) is 36.4 Å². The lowest BCUT2D eigenvalue weighted by molar-refractivity contribution is 0.598. The second-order valence-electron chi connectivity index (χ2n) is 4.80. The molecule has 0 radical (unpaired) electrons. The average molecular weight is 368 g/mol. The molecule has 2 aromatic carbocycles. The summed E-state index contributed by atoms with van der Waals surface area (Å²) < 4.78 is 24.3. The summed E-state index contributed by atoms with van der Waals surface area (Å²) in [5, 5.41) is 10.4. The molecule has 0 amide bonds. The summed E-state index contributed by atoms with van der Waals surface area (Å²) in [6, 6.07) is 13.3. The van der Waals surface area contributed by atoms with E-state index >= 15 is 0 Å². The molecule has 1 heterocycles. The van der Waals surface area contributed by atoms with Crippen molar-refractivity contribution < 1.29 is 8.42 Å². The Morgan fingerprint density at radius 3 is 2.13 bits per heavy atom. The first-order valence-corrected chi connectivity index (χ1v) is 8.79. The molecule has 1 aromatic heterocycles. The molecule has 3 rings (SSSR count). The van der Waals surface area contributed by atoms with Gasteiger partial charge in [0, 0.05) is 10.6 Å². The molecule has 0 atom stereocenters. The second-order valence-corrected chi connectivity index (χ2v) is 7.20. The topological polar surface area (TPSA) is 78.0 Å². The maximum Gasteiger partial charge on any atom is 0.238 e. The summed E-state index contributed by atoms with van der Waals surface area (Å²) in [6.45, 7) is 0. The van der Waals surface area contributed by atoms with E-state index in [-0.39, 0.29) is 4.90 Å². The van der Waals surface area contributed by atoms with Crippen LogP contribution in [0.2, 0.25) is 10.0 Å². The highest BCUT2D eigenvalue weighted by Crippen LogP contribution is 2.31. The Morgan fingerprint density at radius 1 is 0.957 bits per heavy atom. The second kappa shape index (κ2) is 5.98. The predicted octanol–water partition coefficient (Wildman–Crippen LogP) is 3.49. The van der Waals surface area contributed by atoms with Gasteiger partial charge in [0.05, 0.1) is 27.5 Å². The van der Waals surface area contributed by atoms with E-state index in [0.717, 1.165) is 5.56 Å². The molecule has 0 saturated heterocycles. The molecule has 5 nitrogen and oxygen atoms in total. The Morgan fingerprint density at radius 2 is 1.57 bits per heavy atom. The van der Waals surface area contributed by atoms with Gasteiger partial charge in [-0.15, -0.1) is 0 Å². The monoisotopic (exact) mass is 367 g/mol. The summed E-state index contributed by atoms with van der Waals surface area (Å²) in [6.07, 6.45) is 1.53. The lowest BCUT2D eigenvalue weighted by Gasteiger charge is -2.09. The number of hydrogen-bond acceptors (Lipinski definition) is 3. The van der Waals surface area contributed by atoms with E-state index in [1.807, 2.05) is 12.1 Å². The van der Waals surface area contributed by atoms with Gasteiger partial charge in [-0.25, -0.2) is 18.2 Å². The van der Waals surface area contributed by atoms with Crippen molar-refractivity contribution in [1.29, 1.82) is 0 Å². The van der Waals surface area contributed by atoms with Crippen LogP contribution in [0.1, 0.15) is 0 Å². The minimum atomic E-state index is -3.73. The Labute approximate surface area is 143 Å². The zero-order valence-electron chi connectivity index (χ0n) is 11.6. The van der Waals surface area contributed by atoms with Crippen LogP contribution in [0.25, 0.3) is 16.9 Å². The summed E-state index contributed by atoms with van der Waals surface area (Å²) in [5.41, 5.74) is 2.19. The Balaban J connectivity index is 2.10. The van der Waals surface area contributed by atoms with Crippen LogP contribution in [0.15, 0.2) is 59.6 Å². The Hall–Kier alpha value is -1.86. The van der Waals surface area contributed by atoms with Crippen LogP contribution in [0, 0.1) is 0 Å². The predicted molar refractivity (Wildman–Crippen MR) is 90.4 cm³/mol. The van der Waals surface area contributed by atoms with Gasteiger partial charge in [0.1, 0.15) is 0 Å². The number of sulfonamides is 1. The largest absolute Gasteiger partial charge is 0.238 e.